The molecule has 68 valence electrons. The van der Waals surface area contributed by atoms with E-state index in [-0.39, 0.29) is 0 Å². The van der Waals surface area contributed by atoms with Crippen LogP contribution >= 0.6 is 0 Å². The molecule has 0 saturated carbocycles. The summed E-state index contributed by atoms with van der Waals surface area (Å²) in [5.74, 6) is -0.605. The Hall–Kier alpha value is -0.290. The van der Waals surface area contributed by atoms with Crippen molar-refractivity contribution in [2.45, 2.75) is 32.2 Å². The molecule has 0 aliphatic heterocycles. The van der Waals surface area contributed by atoms with E-state index in [4.69, 9.17) is 10.2 Å². The van der Waals surface area contributed by atoms with Crippen molar-refractivity contribution in [3.63, 3.8) is 0 Å². The Morgan fingerprint density at radius 1 is 1.09 bits per heavy atom. The molecule has 0 saturated heterocycles. The van der Waals surface area contributed by atoms with Crippen molar-refractivity contribution in [3.8, 4) is 0 Å². The van der Waals surface area contributed by atoms with E-state index in [9.17, 15) is 13.2 Å². The van der Waals surface area contributed by atoms with Crippen molar-refractivity contribution in [3.05, 3.63) is 0 Å². The average Bonchev–Trinajstić information content (AvgIpc) is 1.82. The van der Waals surface area contributed by atoms with Crippen LogP contribution in [-0.4, -0.2) is 28.6 Å². The first kappa shape index (κ1) is 10.7. The quantitative estimate of drug-likeness (QED) is 0.650. The minimum Gasteiger partial charge on any atom is -0.390 e. The normalized spacial score (nSPS) is 18.5. The minimum absolute atomic E-state index is 0.605. The van der Waals surface area contributed by atoms with Crippen LogP contribution in [-0.2, 0) is 0 Å². The second-order valence-electron chi connectivity index (χ2n) is 2.72. The second kappa shape index (κ2) is 3.40. The lowest BCUT2D eigenvalue weighted by atomic mass is 10.0. The summed E-state index contributed by atoms with van der Waals surface area (Å²) in [7, 11) is 0. The van der Waals surface area contributed by atoms with E-state index in [0.717, 1.165) is 0 Å². The van der Waals surface area contributed by atoms with E-state index in [1.54, 1.807) is 0 Å². The van der Waals surface area contributed by atoms with Gasteiger partial charge in [-0.3, -0.25) is 0 Å². The molecule has 0 bridgehead atoms. The van der Waals surface area contributed by atoms with Gasteiger partial charge in [0.15, 0.2) is 6.10 Å². The first-order valence-corrected chi connectivity index (χ1v) is 3.19. The number of aliphatic hydroxyl groups excluding tert-OH is 2. The van der Waals surface area contributed by atoms with Gasteiger partial charge in [-0.25, -0.2) is 0 Å². The molecule has 0 fully saturated rings. The summed E-state index contributed by atoms with van der Waals surface area (Å²) >= 11 is 0. The lowest BCUT2D eigenvalue weighted by Gasteiger charge is -2.22. The fourth-order valence-electron chi connectivity index (χ4n) is 0.558. The fraction of sp³-hybridized carbons (Fsp3) is 1.00. The molecular formula is C6H11F3O2. The number of halogens is 3. The van der Waals surface area contributed by atoms with E-state index in [1.807, 2.05) is 0 Å². The van der Waals surface area contributed by atoms with Gasteiger partial charge in [0.1, 0.15) is 0 Å². The molecule has 2 N–H and O–H groups in total. The first-order chi connectivity index (χ1) is 4.76. The van der Waals surface area contributed by atoms with Gasteiger partial charge in [0.2, 0.25) is 0 Å². The Morgan fingerprint density at radius 3 is 1.55 bits per heavy atom. The number of hydrogen-bond donors (Lipinski definition) is 2. The molecule has 0 amide bonds. The monoisotopic (exact) mass is 172 g/mol. The van der Waals surface area contributed by atoms with Gasteiger partial charge in [0.05, 0.1) is 6.10 Å². The van der Waals surface area contributed by atoms with Crippen LogP contribution in [0.3, 0.4) is 0 Å². The Labute approximate surface area is 62.6 Å². The predicted molar refractivity (Wildman–Crippen MR) is 32.9 cm³/mol. The average molecular weight is 172 g/mol. The molecule has 0 spiro atoms. The highest BCUT2D eigenvalue weighted by molar-refractivity contribution is 4.76. The molecule has 5 heteroatoms. The SMILES string of the molecule is CC(C)[C@H](O)C(O)C(F)(F)F. The molecule has 0 rings (SSSR count). The maximum atomic E-state index is 11.6. The van der Waals surface area contributed by atoms with E-state index >= 15 is 0 Å². The van der Waals surface area contributed by atoms with Gasteiger partial charge in [0.25, 0.3) is 0 Å². The van der Waals surface area contributed by atoms with Crippen LogP contribution in [0.4, 0.5) is 13.2 Å². The molecule has 1 unspecified atom stereocenters. The molecule has 0 radical (unpaired) electrons. The van der Waals surface area contributed by atoms with Gasteiger partial charge in [-0.2, -0.15) is 13.2 Å². The zero-order valence-electron chi connectivity index (χ0n) is 6.26. The summed E-state index contributed by atoms with van der Waals surface area (Å²) in [5.41, 5.74) is 0. The maximum Gasteiger partial charge on any atom is 0.416 e. The van der Waals surface area contributed by atoms with Crippen molar-refractivity contribution in [1.82, 2.24) is 0 Å². The molecule has 0 aromatic carbocycles. The van der Waals surface area contributed by atoms with Crippen LogP contribution < -0.4 is 0 Å². The lowest BCUT2D eigenvalue weighted by Crippen LogP contribution is -2.42. The van der Waals surface area contributed by atoms with Crippen LogP contribution in [0.15, 0.2) is 0 Å². The lowest BCUT2D eigenvalue weighted by molar-refractivity contribution is -0.235. The highest BCUT2D eigenvalue weighted by Crippen LogP contribution is 2.24. The van der Waals surface area contributed by atoms with Crippen LogP contribution in [0.1, 0.15) is 13.8 Å². The van der Waals surface area contributed by atoms with Gasteiger partial charge in [-0.1, -0.05) is 13.8 Å². The molecule has 0 aliphatic rings. The zero-order chi connectivity index (χ0) is 9.23. The molecule has 0 heterocycles. The topological polar surface area (TPSA) is 40.5 Å². The number of aliphatic hydroxyl groups is 2. The summed E-state index contributed by atoms with van der Waals surface area (Å²) < 4.78 is 34.9. The van der Waals surface area contributed by atoms with Crippen molar-refractivity contribution in [2.75, 3.05) is 0 Å². The van der Waals surface area contributed by atoms with E-state index in [2.05, 4.69) is 0 Å². The van der Waals surface area contributed by atoms with Crippen molar-refractivity contribution >= 4 is 0 Å². The number of rotatable bonds is 2. The van der Waals surface area contributed by atoms with E-state index in [1.165, 1.54) is 13.8 Å². The van der Waals surface area contributed by atoms with E-state index < -0.39 is 24.3 Å². The summed E-state index contributed by atoms with van der Waals surface area (Å²) in [6.45, 7) is 2.80. The van der Waals surface area contributed by atoms with Gasteiger partial charge in [-0.15, -0.1) is 0 Å². The molecule has 0 aliphatic carbocycles. The predicted octanol–water partition coefficient (Wildman–Crippen LogP) is 0.927. The largest absolute Gasteiger partial charge is 0.416 e. The third-order valence-electron chi connectivity index (χ3n) is 1.34. The van der Waals surface area contributed by atoms with Crippen molar-refractivity contribution in [1.29, 1.82) is 0 Å². The first-order valence-electron chi connectivity index (χ1n) is 3.19. The van der Waals surface area contributed by atoms with Crippen molar-refractivity contribution < 1.29 is 23.4 Å². The summed E-state index contributed by atoms with van der Waals surface area (Å²) in [5, 5.41) is 17.2. The second-order valence-corrected chi connectivity index (χ2v) is 2.72. The molecule has 2 nitrogen and oxygen atoms in total. The third-order valence-corrected chi connectivity index (χ3v) is 1.34. The highest BCUT2D eigenvalue weighted by Gasteiger charge is 2.43. The van der Waals surface area contributed by atoms with Crippen LogP contribution in [0.2, 0.25) is 0 Å². The Balaban J connectivity index is 4.13. The van der Waals surface area contributed by atoms with Gasteiger partial charge in [-0.05, 0) is 5.92 Å². The third kappa shape index (κ3) is 3.07. The van der Waals surface area contributed by atoms with E-state index in [0.29, 0.717) is 0 Å². The van der Waals surface area contributed by atoms with Gasteiger partial charge >= 0.3 is 6.18 Å². The highest BCUT2D eigenvalue weighted by atomic mass is 19.4. The fourth-order valence-corrected chi connectivity index (χ4v) is 0.558. The van der Waals surface area contributed by atoms with Gasteiger partial charge < -0.3 is 10.2 Å². The molecule has 0 aromatic heterocycles. The minimum atomic E-state index is -4.73. The van der Waals surface area contributed by atoms with Crippen molar-refractivity contribution in [2.24, 2.45) is 5.92 Å². The smallest absolute Gasteiger partial charge is 0.390 e. The molecule has 11 heavy (non-hydrogen) atoms. The number of hydrogen-bond acceptors (Lipinski definition) is 2. The molecule has 2 atom stereocenters. The molecule has 0 aromatic rings. The van der Waals surface area contributed by atoms with Crippen LogP contribution in [0.5, 0.6) is 0 Å². The summed E-state index contributed by atoms with van der Waals surface area (Å²) in [4.78, 5) is 0. The zero-order valence-corrected chi connectivity index (χ0v) is 6.26. The van der Waals surface area contributed by atoms with Gasteiger partial charge in [0, 0.05) is 0 Å². The standard InChI is InChI=1S/C6H11F3O2/c1-3(2)4(10)5(11)6(7,8)9/h3-5,10-11H,1-2H3/t4-,5?/m0/s1. The maximum absolute atomic E-state index is 11.6. The molecular weight excluding hydrogens is 161 g/mol. The summed E-state index contributed by atoms with van der Waals surface area (Å²) in [6, 6.07) is 0. The van der Waals surface area contributed by atoms with Crippen LogP contribution in [0, 0.1) is 5.92 Å². The summed E-state index contributed by atoms with van der Waals surface area (Å²) in [6.07, 6.45) is -9.11. The van der Waals surface area contributed by atoms with Crippen LogP contribution in [0.25, 0.3) is 0 Å². The Morgan fingerprint density at radius 2 is 1.45 bits per heavy atom. The Kier molecular flexibility index (Phi) is 3.31. The Bertz CT molecular complexity index is 121. The number of alkyl halides is 3.